The molecule has 7 heteroatoms. The van der Waals surface area contributed by atoms with Crippen LogP contribution in [0.25, 0.3) is 0 Å². The minimum absolute atomic E-state index is 0.0149. The molecule has 6 nitrogen and oxygen atoms in total. The summed E-state index contributed by atoms with van der Waals surface area (Å²) in [6, 6.07) is 4.39. The summed E-state index contributed by atoms with van der Waals surface area (Å²) < 4.78 is 10.6. The number of halogens is 1. The van der Waals surface area contributed by atoms with E-state index in [-0.39, 0.29) is 17.2 Å². The third kappa shape index (κ3) is 3.23. The summed E-state index contributed by atoms with van der Waals surface area (Å²) in [7, 11) is 0. The Labute approximate surface area is 114 Å². The molecular formula is C12H11ClN2O4. The van der Waals surface area contributed by atoms with Crippen molar-refractivity contribution >= 4 is 17.6 Å². The molecule has 0 unspecified atom stereocenters. The largest absolute Gasteiger partial charge is 0.484 e. The van der Waals surface area contributed by atoms with E-state index in [2.05, 4.69) is 10.2 Å². The molecule has 0 amide bonds. The first-order valence-electron chi connectivity index (χ1n) is 5.57. The minimum atomic E-state index is -1.11. The highest BCUT2D eigenvalue weighted by Gasteiger charge is 2.11. The van der Waals surface area contributed by atoms with Gasteiger partial charge in [-0.05, 0) is 18.2 Å². The second kappa shape index (κ2) is 5.71. The van der Waals surface area contributed by atoms with Crippen molar-refractivity contribution in [2.24, 2.45) is 0 Å². The zero-order valence-electron chi connectivity index (χ0n) is 10.1. The number of hydrogen-bond donors (Lipinski definition) is 1. The fourth-order valence-corrected chi connectivity index (χ4v) is 1.59. The van der Waals surface area contributed by atoms with Crippen molar-refractivity contribution in [1.82, 2.24) is 10.2 Å². The van der Waals surface area contributed by atoms with Crippen molar-refractivity contribution in [3.05, 3.63) is 40.6 Å². The fourth-order valence-electron chi connectivity index (χ4n) is 1.39. The van der Waals surface area contributed by atoms with Crippen LogP contribution in [0.2, 0.25) is 5.02 Å². The molecule has 0 aliphatic carbocycles. The van der Waals surface area contributed by atoms with E-state index in [1.807, 2.05) is 6.92 Å². The first-order valence-corrected chi connectivity index (χ1v) is 5.95. The molecule has 0 fully saturated rings. The van der Waals surface area contributed by atoms with Gasteiger partial charge in [0.05, 0.1) is 10.6 Å². The van der Waals surface area contributed by atoms with Gasteiger partial charge in [-0.1, -0.05) is 18.5 Å². The molecule has 2 rings (SSSR count). The van der Waals surface area contributed by atoms with E-state index in [1.165, 1.54) is 12.1 Å². The van der Waals surface area contributed by atoms with Crippen LogP contribution in [0.15, 0.2) is 22.6 Å². The van der Waals surface area contributed by atoms with Crippen LogP contribution in [0.3, 0.4) is 0 Å². The molecule has 0 saturated carbocycles. The predicted octanol–water partition coefficient (Wildman–Crippen LogP) is 2.56. The van der Waals surface area contributed by atoms with Gasteiger partial charge in [-0.25, -0.2) is 4.79 Å². The van der Waals surface area contributed by atoms with Gasteiger partial charge in [0, 0.05) is 6.42 Å². The molecule has 1 aromatic heterocycles. The van der Waals surface area contributed by atoms with E-state index < -0.39 is 5.97 Å². The highest BCUT2D eigenvalue weighted by Crippen LogP contribution is 2.22. The number of hydrogen-bond acceptors (Lipinski definition) is 5. The van der Waals surface area contributed by atoms with Gasteiger partial charge in [-0.3, -0.25) is 0 Å². The smallest absolute Gasteiger partial charge is 0.337 e. The quantitative estimate of drug-likeness (QED) is 0.907. The van der Waals surface area contributed by atoms with Crippen LogP contribution in [0.4, 0.5) is 0 Å². The molecule has 0 saturated heterocycles. The number of carboxylic acids is 1. The molecule has 19 heavy (non-hydrogen) atoms. The molecule has 0 aliphatic rings. The summed E-state index contributed by atoms with van der Waals surface area (Å²) in [6.45, 7) is 1.98. The van der Waals surface area contributed by atoms with Gasteiger partial charge in [0.2, 0.25) is 5.89 Å². The molecule has 1 aromatic carbocycles. The van der Waals surface area contributed by atoms with Crippen LogP contribution in [-0.4, -0.2) is 21.3 Å². The molecule has 2 aromatic rings. The molecule has 0 atom stereocenters. The predicted molar refractivity (Wildman–Crippen MR) is 66.4 cm³/mol. The van der Waals surface area contributed by atoms with E-state index in [0.717, 1.165) is 0 Å². The number of aromatic nitrogens is 2. The Morgan fingerprint density at radius 2 is 2.16 bits per heavy atom. The van der Waals surface area contributed by atoms with Crippen molar-refractivity contribution < 1.29 is 19.1 Å². The molecule has 0 aliphatic heterocycles. The van der Waals surface area contributed by atoms with Crippen LogP contribution in [-0.2, 0) is 13.0 Å². The van der Waals surface area contributed by atoms with Crippen LogP contribution in [0.5, 0.6) is 5.75 Å². The lowest BCUT2D eigenvalue weighted by Gasteiger charge is -2.05. The maximum atomic E-state index is 10.9. The Balaban J connectivity index is 2.07. The average Bonchev–Trinajstić information content (AvgIpc) is 2.85. The monoisotopic (exact) mass is 282 g/mol. The highest BCUT2D eigenvalue weighted by molar-refractivity contribution is 6.33. The highest BCUT2D eigenvalue weighted by atomic mass is 35.5. The van der Waals surface area contributed by atoms with Gasteiger partial charge in [0.25, 0.3) is 5.89 Å². The van der Waals surface area contributed by atoms with Gasteiger partial charge in [-0.2, -0.15) is 0 Å². The zero-order chi connectivity index (χ0) is 13.8. The zero-order valence-corrected chi connectivity index (χ0v) is 10.8. The summed E-state index contributed by atoms with van der Waals surface area (Å²) in [6.07, 6.45) is 0.650. The summed E-state index contributed by atoms with van der Waals surface area (Å²) in [4.78, 5) is 10.9. The van der Waals surface area contributed by atoms with E-state index >= 15 is 0 Å². The Hall–Kier alpha value is -2.08. The van der Waals surface area contributed by atoms with Crippen LogP contribution in [0.1, 0.15) is 29.1 Å². The number of benzene rings is 1. The Morgan fingerprint density at radius 1 is 1.42 bits per heavy atom. The van der Waals surface area contributed by atoms with Gasteiger partial charge in [0.1, 0.15) is 5.75 Å². The summed E-state index contributed by atoms with van der Waals surface area (Å²) in [5.74, 6) is 0.129. The first-order chi connectivity index (χ1) is 9.10. The maximum Gasteiger partial charge on any atom is 0.337 e. The number of aryl methyl sites for hydroxylation is 1. The number of aromatic carboxylic acids is 1. The fraction of sp³-hybridized carbons (Fsp3) is 0.250. The third-order valence-corrected chi connectivity index (χ3v) is 2.67. The van der Waals surface area contributed by atoms with Crippen molar-refractivity contribution in [3.63, 3.8) is 0 Å². The van der Waals surface area contributed by atoms with E-state index in [1.54, 1.807) is 6.07 Å². The normalized spacial score (nSPS) is 10.4. The standard InChI is InChI=1S/C12H11ClN2O4/c1-2-10-14-15-11(19-10)6-18-7-3-4-9(13)8(5-7)12(16)17/h3-5H,2,6H2,1H3,(H,16,17). The maximum absolute atomic E-state index is 10.9. The van der Waals surface area contributed by atoms with Crippen LogP contribution >= 0.6 is 11.6 Å². The molecule has 0 bridgehead atoms. The number of ether oxygens (including phenoxy) is 1. The average molecular weight is 283 g/mol. The molecule has 1 N–H and O–H groups in total. The van der Waals surface area contributed by atoms with Crippen LogP contribution in [0, 0.1) is 0 Å². The number of rotatable bonds is 5. The number of carboxylic acid groups (broad SMARTS) is 1. The molecule has 100 valence electrons. The Kier molecular flexibility index (Phi) is 4.01. The summed E-state index contributed by atoms with van der Waals surface area (Å²) in [5.41, 5.74) is -0.0149. The lowest BCUT2D eigenvalue weighted by Crippen LogP contribution is -2.00. The van der Waals surface area contributed by atoms with Gasteiger partial charge in [0.15, 0.2) is 6.61 Å². The van der Waals surface area contributed by atoms with Crippen molar-refractivity contribution in [2.75, 3.05) is 0 Å². The Morgan fingerprint density at radius 3 is 2.79 bits per heavy atom. The van der Waals surface area contributed by atoms with Crippen molar-refractivity contribution in [1.29, 1.82) is 0 Å². The SMILES string of the molecule is CCc1nnc(COc2ccc(Cl)c(C(=O)O)c2)o1. The first kappa shape index (κ1) is 13.4. The summed E-state index contributed by atoms with van der Waals surface area (Å²) in [5, 5.41) is 16.7. The number of carbonyl (C=O) groups is 1. The summed E-state index contributed by atoms with van der Waals surface area (Å²) >= 11 is 5.75. The van der Waals surface area contributed by atoms with E-state index in [4.69, 9.17) is 25.9 Å². The third-order valence-electron chi connectivity index (χ3n) is 2.34. The molecule has 1 heterocycles. The minimum Gasteiger partial charge on any atom is -0.484 e. The van der Waals surface area contributed by atoms with Crippen molar-refractivity contribution in [3.8, 4) is 5.75 Å². The van der Waals surface area contributed by atoms with Gasteiger partial charge in [-0.15, -0.1) is 10.2 Å². The second-order valence-corrected chi connectivity index (χ2v) is 4.09. The second-order valence-electron chi connectivity index (χ2n) is 3.68. The lowest BCUT2D eigenvalue weighted by molar-refractivity contribution is 0.0696. The van der Waals surface area contributed by atoms with Crippen molar-refractivity contribution in [2.45, 2.75) is 20.0 Å². The van der Waals surface area contributed by atoms with E-state index in [0.29, 0.717) is 24.0 Å². The molecular weight excluding hydrogens is 272 g/mol. The van der Waals surface area contributed by atoms with Gasteiger partial charge < -0.3 is 14.3 Å². The Bertz CT molecular complexity index is 597. The molecule has 0 spiro atoms. The topological polar surface area (TPSA) is 85.5 Å². The lowest BCUT2D eigenvalue weighted by atomic mass is 10.2. The number of nitrogens with zero attached hydrogens (tertiary/aromatic N) is 2. The molecule has 0 radical (unpaired) electrons. The van der Waals surface area contributed by atoms with Crippen LogP contribution < -0.4 is 4.74 Å². The van der Waals surface area contributed by atoms with E-state index in [9.17, 15) is 4.79 Å². The van der Waals surface area contributed by atoms with Gasteiger partial charge >= 0.3 is 5.97 Å².